The van der Waals surface area contributed by atoms with E-state index in [1.807, 2.05) is 20.8 Å². The Morgan fingerprint density at radius 3 is 2.55 bits per heavy atom. The Labute approximate surface area is 120 Å². The largest absolute Gasteiger partial charge is 0.478 e. The van der Waals surface area contributed by atoms with Gasteiger partial charge in [-0.15, -0.1) is 0 Å². The second kappa shape index (κ2) is 5.81. The van der Waals surface area contributed by atoms with Crippen LogP contribution in [0.15, 0.2) is 12.1 Å². The highest BCUT2D eigenvalue weighted by atomic mass is 16.5. The van der Waals surface area contributed by atoms with Gasteiger partial charge in [-0.2, -0.15) is 0 Å². The molecule has 4 heteroatoms. The SMILES string of the molecule is CC(C)(C)c1cc(C(=O)O)cc(OCC2CCCC2)n1. The average molecular weight is 277 g/mol. The lowest BCUT2D eigenvalue weighted by molar-refractivity contribution is 0.0695. The molecule has 0 radical (unpaired) electrons. The number of hydrogen-bond donors (Lipinski definition) is 1. The normalized spacial score (nSPS) is 16.4. The molecule has 1 aromatic heterocycles. The lowest BCUT2D eigenvalue weighted by Crippen LogP contribution is -2.17. The summed E-state index contributed by atoms with van der Waals surface area (Å²) in [5.41, 5.74) is 0.793. The Kier molecular flexibility index (Phi) is 4.31. The topological polar surface area (TPSA) is 59.4 Å². The number of carboxylic acid groups (broad SMARTS) is 1. The Bertz CT molecular complexity index is 485. The lowest BCUT2D eigenvalue weighted by atomic mass is 9.91. The average Bonchev–Trinajstić information content (AvgIpc) is 2.88. The van der Waals surface area contributed by atoms with Crippen LogP contribution in [0.4, 0.5) is 0 Å². The van der Waals surface area contributed by atoms with E-state index in [1.165, 1.54) is 31.7 Å². The zero-order chi connectivity index (χ0) is 14.8. The molecule has 0 aromatic carbocycles. The van der Waals surface area contributed by atoms with Crippen molar-refractivity contribution in [3.05, 3.63) is 23.4 Å². The highest BCUT2D eigenvalue weighted by molar-refractivity contribution is 5.88. The van der Waals surface area contributed by atoms with Crippen molar-refractivity contribution in [1.29, 1.82) is 0 Å². The quantitative estimate of drug-likeness (QED) is 0.912. The van der Waals surface area contributed by atoms with E-state index in [0.717, 1.165) is 5.69 Å². The number of carbonyl (C=O) groups is 1. The molecular weight excluding hydrogens is 254 g/mol. The third-order valence-corrected chi connectivity index (χ3v) is 3.76. The molecule has 1 aliphatic rings. The van der Waals surface area contributed by atoms with Crippen LogP contribution < -0.4 is 4.74 Å². The summed E-state index contributed by atoms with van der Waals surface area (Å²) in [4.78, 5) is 15.7. The molecule has 2 rings (SSSR count). The third kappa shape index (κ3) is 3.71. The predicted molar refractivity (Wildman–Crippen MR) is 77.3 cm³/mol. The molecule has 1 aliphatic carbocycles. The van der Waals surface area contributed by atoms with Crippen LogP contribution in [-0.4, -0.2) is 22.7 Å². The van der Waals surface area contributed by atoms with Gasteiger partial charge in [0, 0.05) is 11.5 Å². The fraction of sp³-hybridized carbons (Fsp3) is 0.625. The van der Waals surface area contributed by atoms with Crippen LogP contribution in [0.2, 0.25) is 0 Å². The minimum absolute atomic E-state index is 0.197. The summed E-state index contributed by atoms with van der Waals surface area (Å²) in [7, 11) is 0. The smallest absolute Gasteiger partial charge is 0.335 e. The highest BCUT2D eigenvalue weighted by Crippen LogP contribution is 2.27. The van der Waals surface area contributed by atoms with Crippen molar-refractivity contribution in [2.24, 2.45) is 5.92 Å². The van der Waals surface area contributed by atoms with Gasteiger partial charge < -0.3 is 9.84 Å². The van der Waals surface area contributed by atoms with Crippen LogP contribution in [0.5, 0.6) is 5.88 Å². The van der Waals surface area contributed by atoms with E-state index in [-0.39, 0.29) is 11.0 Å². The second-order valence-electron chi connectivity index (χ2n) is 6.60. The Hall–Kier alpha value is -1.58. The molecule has 1 saturated carbocycles. The maximum absolute atomic E-state index is 11.2. The first-order chi connectivity index (χ1) is 9.36. The van der Waals surface area contributed by atoms with E-state index in [9.17, 15) is 9.90 Å². The van der Waals surface area contributed by atoms with Crippen LogP contribution in [0.3, 0.4) is 0 Å². The molecule has 0 amide bonds. The molecule has 0 spiro atoms. The summed E-state index contributed by atoms with van der Waals surface area (Å²) in [5, 5.41) is 9.20. The molecule has 1 N–H and O–H groups in total. The Balaban J connectivity index is 2.17. The molecule has 4 nitrogen and oxygen atoms in total. The van der Waals surface area contributed by atoms with Gasteiger partial charge in [0.2, 0.25) is 5.88 Å². The first-order valence-electron chi connectivity index (χ1n) is 7.25. The standard InChI is InChI=1S/C16H23NO3/c1-16(2,3)13-8-12(15(18)19)9-14(17-13)20-10-11-6-4-5-7-11/h8-9,11H,4-7,10H2,1-3H3,(H,18,19). The van der Waals surface area contributed by atoms with Gasteiger partial charge in [-0.05, 0) is 24.8 Å². The Morgan fingerprint density at radius 2 is 2.00 bits per heavy atom. The molecule has 1 heterocycles. The van der Waals surface area contributed by atoms with E-state index in [2.05, 4.69) is 4.98 Å². The molecule has 0 aliphatic heterocycles. The molecule has 0 bridgehead atoms. The summed E-state index contributed by atoms with van der Waals surface area (Å²) in [5.74, 6) is 0.0775. The monoisotopic (exact) mass is 277 g/mol. The van der Waals surface area contributed by atoms with Crippen molar-refractivity contribution in [3.8, 4) is 5.88 Å². The minimum atomic E-state index is -0.941. The molecule has 110 valence electrons. The van der Waals surface area contributed by atoms with Gasteiger partial charge in [0.05, 0.1) is 17.9 Å². The third-order valence-electron chi connectivity index (χ3n) is 3.76. The number of aromatic carboxylic acids is 1. The molecule has 1 fully saturated rings. The zero-order valence-electron chi connectivity index (χ0n) is 12.5. The maximum atomic E-state index is 11.2. The fourth-order valence-corrected chi connectivity index (χ4v) is 2.47. The van der Waals surface area contributed by atoms with Gasteiger partial charge in [-0.3, -0.25) is 0 Å². The molecular formula is C16H23NO3. The molecule has 1 aromatic rings. The predicted octanol–water partition coefficient (Wildman–Crippen LogP) is 3.65. The number of nitrogens with zero attached hydrogens (tertiary/aromatic N) is 1. The highest BCUT2D eigenvalue weighted by Gasteiger charge is 2.21. The van der Waals surface area contributed by atoms with Crippen molar-refractivity contribution in [2.75, 3.05) is 6.61 Å². The fourth-order valence-electron chi connectivity index (χ4n) is 2.47. The molecule has 0 saturated heterocycles. The van der Waals surface area contributed by atoms with Crippen molar-refractivity contribution >= 4 is 5.97 Å². The summed E-state index contributed by atoms with van der Waals surface area (Å²) in [6, 6.07) is 3.15. The van der Waals surface area contributed by atoms with Gasteiger partial charge in [0.15, 0.2) is 0 Å². The van der Waals surface area contributed by atoms with E-state index < -0.39 is 5.97 Å². The number of aromatic nitrogens is 1. The summed E-state index contributed by atoms with van der Waals surface area (Å²) < 4.78 is 5.74. The van der Waals surface area contributed by atoms with Crippen LogP contribution >= 0.6 is 0 Å². The van der Waals surface area contributed by atoms with Crippen LogP contribution in [-0.2, 0) is 5.41 Å². The number of hydrogen-bond acceptors (Lipinski definition) is 3. The van der Waals surface area contributed by atoms with E-state index >= 15 is 0 Å². The molecule has 20 heavy (non-hydrogen) atoms. The van der Waals surface area contributed by atoms with E-state index in [4.69, 9.17) is 4.74 Å². The maximum Gasteiger partial charge on any atom is 0.335 e. The summed E-state index contributed by atoms with van der Waals surface area (Å²) >= 11 is 0. The first-order valence-corrected chi connectivity index (χ1v) is 7.25. The summed E-state index contributed by atoms with van der Waals surface area (Å²) in [6.45, 7) is 6.69. The summed E-state index contributed by atoms with van der Waals surface area (Å²) in [6.07, 6.45) is 4.93. The zero-order valence-corrected chi connectivity index (χ0v) is 12.5. The second-order valence-corrected chi connectivity index (χ2v) is 6.60. The van der Waals surface area contributed by atoms with Gasteiger partial charge in [-0.1, -0.05) is 33.6 Å². The van der Waals surface area contributed by atoms with Crippen molar-refractivity contribution in [1.82, 2.24) is 4.98 Å². The van der Waals surface area contributed by atoms with E-state index in [0.29, 0.717) is 18.4 Å². The Morgan fingerprint density at radius 1 is 1.35 bits per heavy atom. The number of ether oxygens (including phenoxy) is 1. The van der Waals surface area contributed by atoms with Gasteiger partial charge >= 0.3 is 5.97 Å². The first kappa shape index (κ1) is 14.8. The van der Waals surface area contributed by atoms with Gasteiger partial charge in [0.25, 0.3) is 0 Å². The number of rotatable bonds is 4. The van der Waals surface area contributed by atoms with Gasteiger partial charge in [0.1, 0.15) is 0 Å². The number of pyridine rings is 1. The van der Waals surface area contributed by atoms with Gasteiger partial charge in [-0.25, -0.2) is 9.78 Å². The van der Waals surface area contributed by atoms with Crippen LogP contribution in [0.1, 0.15) is 62.5 Å². The number of carboxylic acids is 1. The van der Waals surface area contributed by atoms with Crippen LogP contribution in [0, 0.1) is 5.92 Å². The van der Waals surface area contributed by atoms with E-state index in [1.54, 1.807) is 6.07 Å². The van der Waals surface area contributed by atoms with Crippen molar-refractivity contribution in [3.63, 3.8) is 0 Å². The molecule has 0 unspecified atom stereocenters. The lowest BCUT2D eigenvalue weighted by Gasteiger charge is -2.20. The molecule has 0 atom stereocenters. The van der Waals surface area contributed by atoms with Crippen molar-refractivity contribution < 1.29 is 14.6 Å². The minimum Gasteiger partial charge on any atom is -0.478 e. The van der Waals surface area contributed by atoms with Crippen molar-refractivity contribution in [2.45, 2.75) is 51.9 Å². The van der Waals surface area contributed by atoms with Crippen LogP contribution in [0.25, 0.3) is 0 Å².